The molecule has 0 saturated heterocycles. The largest absolute Gasteiger partial charge is 0.299 e. The fourth-order valence-electron chi connectivity index (χ4n) is 2.02. The molecule has 0 saturated carbocycles. The number of hydrogen-bond acceptors (Lipinski definition) is 1. The predicted octanol–water partition coefficient (Wildman–Crippen LogP) is 5.15. The molecule has 2 heteroatoms. The van der Waals surface area contributed by atoms with Crippen LogP contribution in [0.25, 0.3) is 0 Å². The summed E-state index contributed by atoms with van der Waals surface area (Å²) in [6.07, 6.45) is 8.84. The van der Waals surface area contributed by atoms with E-state index in [0.29, 0.717) is 12.2 Å². The minimum absolute atomic E-state index is 0.381. The summed E-state index contributed by atoms with van der Waals surface area (Å²) in [6.45, 7) is 2.23. The second-order valence-corrected chi connectivity index (χ2v) is 6.11. The van der Waals surface area contributed by atoms with Crippen LogP contribution in [-0.2, 0) is 11.2 Å². The van der Waals surface area contributed by atoms with Crippen LogP contribution in [0.5, 0.6) is 0 Å². The standard InChI is InChI=1S/C16H23IO/c1-2-3-4-5-6-7-8-16(18)13-14-9-11-15(17)12-10-14/h9-12H,2-8,13H2,1H3. The van der Waals surface area contributed by atoms with Gasteiger partial charge in [-0.1, -0.05) is 51.2 Å². The highest BCUT2D eigenvalue weighted by molar-refractivity contribution is 14.1. The van der Waals surface area contributed by atoms with E-state index in [9.17, 15) is 4.79 Å². The fourth-order valence-corrected chi connectivity index (χ4v) is 2.38. The summed E-state index contributed by atoms with van der Waals surface area (Å²) < 4.78 is 1.22. The van der Waals surface area contributed by atoms with Gasteiger partial charge >= 0.3 is 0 Å². The molecule has 0 atom stereocenters. The number of carbonyl (C=O) groups excluding carboxylic acids is 1. The number of Topliss-reactive ketones (excluding diaryl/α,β-unsaturated/α-hetero) is 1. The first-order valence-corrected chi connectivity index (χ1v) is 8.06. The minimum atomic E-state index is 0.381. The number of halogens is 1. The lowest BCUT2D eigenvalue weighted by Crippen LogP contribution is -2.02. The number of hydrogen-bond donors (Lipinski definition) is 0. The van der Waals surface area contributed by atoms with Crippen molar-refractivity contribution in [1.82, 2.24) is 0 Å². The summed E-state index contributed by atoms with van der Waals surface area (Å²) >= 11 is 2.28. The summed E-state index contributed by atoms with van der Waals surface area (Å²) in [7, 11) is 0. The summed E-state index contributed by atoms with van der Waals surface area (Å²) in [5.74, 6) is 0.381. The zero-order valence-corrected chi connectivity index (χ0v) is 13.4. The molecule has 0 aliphatic heterocycles. The molecule has 1 aromatic carbocycles. The second-order valence-electron chi connectivity index (χ2n) is 4.86. The molecule has 1 rings (SSSR count). The van der Waals surface area contributed by atoms with Crippen LogP contribution in [0.1, 0.15) is 57.4 Å². The fraction of sp³-hybridized carbons (Fsp3) is 0.562. The second kappa shape index (κ2) is 9.54. The molecule has 18 heavy (non-hydrogen) atoms. The van der Waals surface area contributed by atoms with Crippen molar-refractivity contribution in [3.05, 3.63) is 33.4 Å². The van der Waals surface area contributed by atoms with Crippen molar-refractivity contribution in [2.24, 2.45) is 0 Å². The Morgan fingerprint density at radius 3 is 2.28 bits per heavy atom. The molecule has 0 spiro atoms. The van der Waals surface area contributed by atoms with E-state index in [4.69, 9.17) is 0 Å². The Morgan fingerprint density at radius 1 is 1.00 bits per heavy atom. The summed E-state index contributed by atoms with van der Waals surface area (Å²) in [6, 6.07) is 8.24. The minimum Gasteiger partial charge on any atom is -0.299 e. The maximum atomic E-state index is 11.8. The molecule has 0 fully saturated rings. The highest BCUT2D eigenvalue weighted by atomic mass is 127. The third kappa shape index (κ3) is 7.14. The van der Waals surface area contributed by atoms with Crippen molar-refractivity contribution < 1.29 is 4.79 Å². The highest BCUT2D eigenvalue weighted by Gasteiger charge is 2.03. The van der Waals surface area contributed by atoms with E-state index in [1.165, 1.54) is 35.7 Å². The first kappa shape index (κ1) is 15.7. The van der Waals surface area contributed by atoms with Crippen molar-refractivity contribution in [1.29, 1.82) is 0 Å². The Hall–Kier alpha value is -0.380. The summed E-state index contributed by atoms with van der Waals surface area (Å²) in [5, 5.41) is 0. The van der Waals surface area contributed by atoms with Gasteiger partial charge in [-0.05, 0) is 46.7 Å². The van der Waals surface area contributed by atoms with Crippen molar-refractivity contribution in [2.45, 2.75) is 58.3 Å². The molecule has 1 nitrogen and oxygen atoms in total. The first-order chi connectivity index (χ1) is 8.72. The lowest BCUT2D eigenvalue weighted by Gasteiger charge is -2.02. The topological polar surface area (TPSA) is 17.1 Å². The molecule has 0 radical (unpaired) electrons. The quantitative estimate of drug-likeness (QED) is 0.441. The van der Waals surface area contributed by atoms with Gasteiger partial charge in [0.1, 0.15) is 5.78 Å². The Bertz CT molecular complexity index is 343. The van der Waals surface area contributed by atoms with Crippen LogP contribution in [0, 0.1) is 3.57 Å². The van der Waals surface area contributed by atoms with E-state index in [1.54, 1.807) is 0 Å². The van der Waals surface area contributed by atoms with E-state index in [0.717, 1.165) is 18.4 Å². The first-order valence-electron chi connectivity index (χ1n) is 6.98. The third-order valence-corrected chi connectivity index (χ3v) is 3.84. The molecule has 1 aromatic rings. The Morgan fingerprint density at radius 2 is 1.61 bits per heavy atom. The van der Waals surface area contributed by atoms with Crippen LogP contribution in [0.3, 0.4) is 0 Å². The molecule has 0 amide bonds. The van der Waals surface area contributed by atoms with Gasteiger partial charge in [0.15, 0.2) is 0 Å². The highest BCUT2D eigenvalue weighted by Crippen LogP contribution is 2.11. The van der Waals surface area contributed by atoms with Crippen LogP contribution in [0.15, 0.2) is 24.3 Å². The predicted molar refractivity (Wildman–Crippen MR) is 85.9 cm³/mol. The number of benzene rings is 1. The van der Waals surface area contributed by atoms with E-state index < -0.39 is 0 Å². The van der Waals surface area contributed by atoms with E-state index in [-0.39, 0.29) is 0 Å². The Kier molecular flexibility index (Phi) is 8.31. The molecular formula is C16H23IO. The van der Waals surface area contributed by atoms with Crippen molar-refractivity contribution in [3.8, 4) is 0 Å². The number of unbranched alkanes of at least 4 members (excludes halogenated alkanes) is 5. The van der Waals surface area contributed by atoms with Gasteiger partial charge in [-0.25, -0.2) is 0 Å². The van der Waals surface area contributed by atoms with Gasteiger partial charge in [-0.2, -0.15) is 0 Å². The van der Waals surface area contributed by atoms with E-state index in [2.05, 4.69) is 53.8 Å². The van der Waals surface area contributed by atoms with Crippen molar-refractivity contribution in [2.75, 3.05) is 0 Å². The van der Waals surface area contributed by atoms with Crippen molar-refractivity contribution >= 4 is 28.4 Å². The molecule has 0 aromatic heterocycles. The molecule has 0 unspecified atom stereocenters. The molecule has 0 heterocycles. The Labute approximate surface area is 125 Å². The van der Waals surface area contributed by atoms with Crippen LogP contribution >= 0.6 is 22.6 Å². The van der Waals surface area contributed by atoms with E-state index in [1.807, 2.05) is 0 Å². The van der Waals surface area contributed by atoms with Gasteiger partial charge in [-0.3, -0.25) is 4.79 Å². The van der Waals surface area contributed by atoms with Gasteiger partial charge in [-0.15, -0.1) is 0 Å². The molecule has 0 bridgehead atoms. The number of ketones is 1. The molecule has 0 aliphatic rings. The Balaban J connectivity index is 2.12. The third-order valence-electron chi connectivity index (χ3n) is 3.12. The van der Waals surface area contributed by atoms with Crippen LogP contribution < -0.4 is 0 Å². The lowest BCUT2D eigenvalue weighted by atomic mass is 10.0. The number of rotatable bonds is 9. The van der Waals surface area contributed by atoms with Gasteiger partial charge in [0, 0.05) is 16.4 Å². The molecular weight excluding hydrogens is 335 g/mol. The average molecular weight is 358 g/mol. The zero-order valence-electron chi connectivity index (χ0n) is 11.3. The number of carbonyl (C=O) groups is 1. The molecule has 100 valence electrons. The van der Waals surface area contributed by atoms with Gasteiger partial charge in [0.05, 0.1) is 0 Å². The average Bonchev–Trinajstić information content (AvgIpc) is 2.36. The normalized spacial score (nSPS) is 10.6. The van der Waals surface area contributed by atoms with Crippen molar-refractivity contribution in [3.63, 3.8) is 0 Å². The summed E-state index contributed by atoms with van der Waals surface area (Å²) in [4.78, 5) is 11.8. The summed E-state index contributed by atoms with van der Waals surface area (Å²) in [5.41, 5.74) is 1.14. The van der Waals surface area contributed by atoms with Crippen LogP contribution in [0.2, 0.25) is 0 Å². The monoisotopic (exact) mass is 358 g/mol. The SMILES string of the molecule is CCCCCCCCC(=O)Cc1ccc(I)cc1. The van der Waals surface area contributed by atoms with E-state index >= 15 is 0 Å². The molecule has 0 N–H and O–H groups in total. The smallest absolute Gasteiger partial charge is 0.137 e. The zero-order chi connectivity index (χ0) is 13.2. The van der Waals surface area contributed by atoms with Crippen LogP contribution in [-0.4, -0.2) is 5.78 Å². The lowest BCUT2D eigenvalue weighted by molar-refractivity contribution is -0.118. The van der Waals surface area contributed by atoms with Gasteiger partial charge in [0.25, 0.3) is 0 Å². The molecule has 0 aliphatic carbocycles. The van der Waals surface area contributed by atoms with Gasteiger partial charge < -0.3 is 0 Å². The van der Waals surface area contributed by atoms with Gasteiger partial charge in [0.2, 0.25) is 0 Å². The van der Waals surface area contributed by atoms with Crippen LogP contribution in [0.4, 0.5) is 0 Å². The maximum Gasteiger partial charge on any atom is 0.137 e. The maximum absolute atomic E-state index is 11.8.